The van der Waals surface area contributed by atoms with E-state index in [-0.39, 0.29) is 12.2 Å². The lowest BCUT2D eigenvalue weighted by Crippen LogP contribution is -2.40. The predicted octanol–water partition coefficient (Wildman–Crippen LogP) is 6.32. The van der Waals surface area contributed by atoms with Gasteiger partial charge < -0.3 is 14.1 Å². The number of thiazole rings is 1. The zero-order valence-corrected chi connectivity index (χ0v) is 26.1. The fourth-order valence-corrected chi connectivity index (χ4v) is 6.94. The molecular formula is C33H32N4O4S2. The summed E-state index contributed by atoms with van der Waals surface area (Å²) in [4.78, 5) is 40.7. The Bertz CT molecular complexity index is 1980. The standard InChI is InChI=1S/C33H32N4O4S2/c1-5-9-25-28(31(39)40-6-2)29(21-14-12-20(13-15-21)19(3)4)37-30(38)26(42-33(37)36-25)18-22-16-17-27(41-22)43-32-34-23-10-7-8-11-24(23)35-32/h7-8,10-19,29H,5-6,9H2,1-4H3,(H,34,35)/b26-18+/t29-/m0/s1. The molecule has 8 nitrogen and oxygen atoms in total. The van der Waals surface area contributed by atoms with Crippen molar-refractivity contribution in [2.75, 3.05) is 6.61 Å². The zero-order valence-electron chi connectivity index (χ0n) is 24.4. The summed E-state index contributed by atoms with van der Waals surface area (Å²) in [5.74, 6) is 0.454. The molecule has 10 heteroatoms. The molecule has 3 aromatic heterocycles. The summed E-state index contributed by atoms with van der Waals surface area (Å²) in [6.07, 6.45) is 3.13. The number of allylic oxidation sites excluding steroid dienone is 1. The minimum Gasteiger partial charge on any atom is -0.463 e. The number of hydrogen-bond acceptors (Lipinski definition) is 8. The Morgan fingerprint density at radius 3 is 2.65 bits per heavy atom. The minimum atomic E-state index is -0.643. The number of ether oxygens (including phenoxy) is 1. The zero-order chi connectivity index (χ0) is 30.1. The molecule has 1 atom stereocenters. The smallest absolute Gasteiger partial charge is 0.338 e. The molecule has 1 aliphatic heterocycles. The monoisotopic (exact) mass is 612 g/mol. The van der Waals surface area contributed by atoms with Crippen LogP contribution in [0.25, 0.3) is 17.1 Å². The molecule has 1 aliphatic rings. The quantitative estimate of drug-likeness (QED) is 0.196. The largest absolute Gasteiger partial charge is 0.463 e. The van der Waals surface area contributed by atoms with Crippen molar-refractivity contribution >= 4 is 46.2 Å². The fraction of sp³-hybridized carbons (Fsp3) is 0.273. The number of nitrogens with one attached hydrogen (secondary N) is 1. The first-order valence-corrected chi connectivity index (χ1v) is 16.0. The normalized spacial score (nSPS) is 15.3. The predicted molar refractivity (Wildman–Crippen MR) is 169 cm³/mol. The molecule has 5 aromatic rings. The molecule has 4 heterocycles. The van der Waals surface area contributed by atoms with Crippen LogP contribution in [0.3, 0.4) is 0 Å². The first-order chi connectivity index (χ1) is 20.9. The van der Waals surface area contributed by atoms with Crippen LogP contribution in [0, 0.1) is 0 Å². The second-order valence-corrected chi connectivity index (χ2v) is 12.6. The van der Waals surface area contributed by atoms with E-state index < -0.39 is 12.0 Å². The van der Waals surface area contributed by atoms with E-state index in [1.165, 1.54) is 28.7 Å². The molecule has 0 saturated carbocycles. The molecule has 0 unspecified atom stereocenters. The lowest BCUT2D eigenvalue weighted by Gasteiger charge is -2.26. The Kier molecular flexibility index (Phi) is 8.23. The number of fused-ring (bicyclic) bond motifs is 2. The molecule has 0 spiro atoms. The lowest BCUT2D eigenvalue weighted by molar-refractivity contribution is -0.139. The van der Waals surface area contributed by atoms with Crippen molar-refractivity contribution in [2.45, 2.75) is 62.7 Å². The maximum absolute atomic E-state index is 14.0. The Morgan fingerprint density at radius 1 is 1.14 bits per heavy atom. The molecule has 220 valence electrons. The number of nitrogens with zero attached hydrogens (tertiary/aromatic N) is 3. The number of hydrogen-bond donors (Lipinski definition) is 1. The highest BCUT2D eigenvalue weighted by molar-refractivity contribution is 7.99. The van der Waals surface area contributed by atoms with E-state index in [1.807, 2.05) is 55.5 Å². The molecule has 6 rings (SSSR count). The van der Waals surface area contributed by atoms with Gasteiger partial charge in [0.1, 0.15) is 5.76 Å². The summed E-state index contributed by atoms with van der Waals surface area (Å²) >= 11 is 2.67. The summed E-state index contributed by atoms with van der Waals surface area (Å²) in [5.41, 5.74) is 4.71. The number of rotatable bonds is 9. The van der Waals surface area contributed by atoms with Crippen LogP contribution in [0.4, 0.5) is 0 Å². The number of carbonyl (C=O) groups is 1. The third-order valence-electron chi connectivity index (χ3n) is 7.25. The fourth-order valence-electron chi connectivity index (χ4n) is 5.17. The van der Waals surface area contributed by atoms with Gasteiger partial charge in [-0.2, -0.15) is 0 Å². The average molecular weight is 613 g/mol. The van der Waals surface area contributed by atoms with Gasteiger partial charge in [-0.15, -0.1) is 0 Å². The Balaban J connectivity index is 1.42. The van der Waals surface area contributed by atoms with Gasteiger partial charge in [0.15, 0.2) is 15.1 Å². The highest BCUT2D eigenvalue weighted by atomic mass is 32.2. The van der Waals surface area contributed by atoms with Crippen LogP contribution < -0.4 is 14.9 Å². The lowest BCUT2D eigenvalue weighted by atomic mass is 9.92. The van der Waals surface area contributed by atoms with E-state index in [0.717, 1.165) is 28.2 Å². The summed E-state index contributed by atoms with van der Waals surface area (Å²) in [6.45, 7) is 8.33. The van der Waals surface area contributed by atoms with E-state index in [2.05, 4.69) is 35.9 Å². The molecule has 43 heavy (non-hydrogen) atoms. The Morgan fingerprint density at radius 2 is 1.93 bits per heavy atom. The molecule has 0 saturated heterocycles. The van der Waals surface area contributed by atoms with E-state index >= 15 is 0 Å². The van der Waals surface area contributed by atoms with Crippen molar-refractivity contribution in [3.05, 3.63) is 109 Å². The van der Waals surface area contributed by atoms with E-state index in [9.17, 15) is 9.59 Å². The number of H-pyrrole nitrogens is 1. The second kappa shape index (κ2) is 12.2. The highest BCUT2D eigenvalue weighted by Gasteiger charge is 2.34. The van der Waals surface area contributed by atoms with Crippen molar-refractivity contribution in [3.8, 4) is 0 Å². The van der Waals surface area contributed by atoms with Crippen LogP contribution in [-0.2, 0) is 9.53 Å². The maximum atomic E-state index is 14.0. The van der Waals surface area contributed by atoms with Crippen molar-refractivity contribution in [2.24, 2.45) is 4.99 Å². The summed E-state index contributed by atoms with van der Waals surface area (Å²) in [6, 6.07) is 19.0. The van der Waals surface area contributed by atoms with E-state index in [1.54, 1.807) is 17.6 Å². The van der Waals surface area contributed by atoms with Gasteiger partial charge in [-0.1, -0.05) is 74.9 Å². The van der Waals surface area contributed by atoms with Crippen LogP contribution in [-0.4, -0.2) is 27.1 Å². The molecule has 0 aliphatic carbocycles. The third-order valence-corrected chi connectivity index (χ3v) is 9.04. The number of imidazole rings is 1. The number of esters is 1. The van der Waals surface area contributed by atoms with Gasteiger partial charge in [-0.25, -0.2) is 14.8 Å². The van der Waals surface area contributed by atoms with Crippen LogP contribution in [0.1, 0.15) is 69.4 Å². The van der Waals surface area contributed by atoms with Gasteiger partial charge in [-0.05, 0) is 66.4 Å². The topological polar surface area (TPSA) is 102 Å². The van der Waals surface area contributed by atoms with Crippen LogP contribution >= 0.6 is 23.1 Å². The van der Waals surface area contributed by atoms with Crippen molar-refractivity contribution < 1.29 is 13.9 Å². The summed E-state index contributed by atoms with van der Waals surface area (Å²) in [5, 5.41) is 1.37. The SMILES string of the molecule is CCCC1=C(C(=O)OCC)[C@H](c2ccc(C(C)C)cc2)n2c(s/c(=C/c3ccc(Sc4nc5ccccc5[nH]4)o3)c2=O)=N1. The number of benzene rings is 2. The van der Waals surface area contributed by atoms with Gasteiger partial charge in [-0.3, -0.25) is 9.36 Å². The van der Waals surface area contributed by atoms with Crippen molar-refractivity contribution in [3.63, 3.8) is 0 Å². The number of para-hydroxylation sites is 2. The van der Waals surface area contributed by atoms with Crippen molar-refractivity contribution in [1.29, 1.82) is 0 Å². The van der Waals surface area contributed by atoms with E-state index in [4.69, 9.17) is 14.1 Å². The first kappa shape index (κ1) is 28.9. The summed E-state index contributed by atoms with van der Waals surface area (Å²) in [7, 11) is 0. The Hall–Kier alpha value is -4.15. The number of carbonyl (C=O) groups excluding carboxylic acids is 1. The summed E-state index contributed by atoms with van der Waals surface area (Å²) < 4.78 is 13.7. The van der Waals surface area contributed by atoms with Crippen LogP contribution in [0.15, 0.2) is 96.4 Å². The number of aromatic nitrogens is 3. The molecule has 0 amide bonds. The maximum Gasteiger partial charge on any atom is 0.338 e. The van der Waals surface area contributed by atoms with Gasteiger partial charge in [0.25, 0.3) is 5.56 Å². The van der Waals surface area contributed by atoms with Gasteiger partial charge in [0.2, 0.25) is 0 Å². The first-order valence-electron chi connectivity index (χ1n) is 14.4. The highest BCUT2D eigenvalue weighted by Crippen LogP contribution is 2.33. The molecule has 0 fully saturated rings. The van der Waals surface area contributed by atoms with E-state index in [0.29, 0.717) is 43.8 Å². The molecule has 2 aromatic carbocycles. The van der Waals surface area contributed by atoms with Gasteiger partial charge in [0.05, 0.1) is 39.5 Å². The molecule has 0 bridgehead atoms. The average Bonchev–Trinajstić information content (AvgIpc) is 3.70. The molecule has 0 radical (unpaired) electrons. The number of aromatic amines is 1. The number of furan rings is 1. The third kappa shape index (κ3) is 5.77. The Labute approximate surface area is 256 Å². The van der Waals surface area contributed by atoms with Crippen LogP contribution in [0.2, 0.25) is 0 Å². The van der Waals surface area contributed by atoms with Crippen LogP contribution in [0.5, 0.6) is 0 Å². The van der Waals surface area contributed by atoms with Crippen molar-refractivity contribution in [1.82, 2.24) is 14.5 Å². The van der Waals surface area contributed by atoms with Gasteiger partial charge in [0, 0.05) is 6.08 Å². The molecular weight excluding hydrogens is 581 g/mol. The second-order valence-electron chi connectivity index (χ2n) is 10.6. The van der Waals surface area contributed by atoms with Gasteiger partial charge >= 0.3 is 5.97 Å². The minimum absolute atomic E-state index is 0.234. The molecule has 1 N–H and O–H groups in total.